The smallest absolute Gasteiger partial charge is 0.261 e. The van der Waals surface area contributed by atoms with Gasteiger partial charge in [-0.3, -0.25) is 9.79 Å². The molecule has 3 aromatic rings. The quantitative estimate of drug-likeness (QED) is 0.504. The summed E-state index contributed by atoms with van der Waals surface area (Å²) in [7, 11) is 1.95. The number of nitrogens with two attached hydrogens (primary N) is 1. The number of aliphatic imine (C=N–C) groups is 1. The Balaban J connectivity index is 1.69. The summed E-state index contributed by atoms with van der Waals surface area (Å²) >= 11 is 1.41. The summed E-state index contributed by atoms with van der Waals surface area (Å²) in [6, 6.07) is 17.1. The van der Waals surface area contributed by atoms with Gasteiger partial charge in [0.15, 0.2) is 0 Å². The number of amides is 1. The molecule has 26 heavy (non-hydrogen) atoms. The first-order valence-corrected chi connectivity index (χ1v) is 8.97. The van der Waals surface area contributed by atoms with Crippen LogP contribution in [-0.4, -0.2) is 19.7 Å². The number of nitrogens with one attached hydrogen (secondary N) is 1. The van der Waals surface area contributed by atoms with E-state index in [-0.39, 0.29) is 5.91 Å². The molecule has 3 N–H and O–H groups in total. The highest BCUT2D eigenvalue weighted by Gasteiger charge is 2.14. The number of rotatable bonds is 6. The normalized spacial score (nSPS) is 10.3. The van der Waals surface area contributed by atoms with Crippen LogP contribution in [0.25, 0.3) is 0 Å². The molecule has 0 spiro atoms. The highest BCUT2D eigenvalue weighted by atomic mass is 32.1. The van der Waals surface area contributed by atoms with E-state index in [0.29, 0.717) is 17.1 Å². The van der Waals surface area contributed by atoms with Crippen LogP contribution in [-0.2, 0) is 6.54 Å². The predicted molar refractivity (Wildman–Crippen MR) is 110 cm³/mol. The molecule has 1 aromatic heterocycles. The van der Waals surface area contributed by atoms with Gasteiger partial charge in [0.05, 0.1) is 21.9 Å². The van der Waals surface area contributed by atoms with Crippen LogP contribution in [0, 0.1) is 0 Å². The average Bonchev–Trinajstić information content (AvgIpc) is 3.17. The zero-order valence-electron chi connectivity index (χ0n) is 14.5. The molecule has 0 aliphatic carbocycles. The lowest BCUT2D eigenvalue weighted by molar-refractivity contribution is 0.0955. The molecule has 0 radical (unpaired) electrons. The van der Waals surface area contributed by atoms with E-state index >= 15 is 0 Å². The van der Waals surface area contributed by atoms with Gasteiger partial charge in [-0.25, -0.2) is 0 Å². The van der Waals surface area contributed by atoms with Crippen molar-refractivity contribution in [3.05, 3.63) is 70.4 Å². The lowest BCUT2D eigenvalue weighted by Crippen LogP contribution is -2.21. The molecule has 0 saturated heterocycles. The van der Waals surface area contributed by atoms with Gasteiger partial charge in [-0.2, -0.15) is 0 Å². The maximum Gasteiger partial charge on any atom is 0.261 e. The van der Waals surface area contributed by atoms with Crippen molar-refractivity contribution in [3.8, 4) is 0 Å². The van der Waals surface area contributed by atoms with Gasteiger partial charge in [-0.15, -0.1) is 11.3 Å². The molecule has 0 aliphatic heterocycles. The van der Waals surface area contributed by atoms with Gasteiger partial charge in [0.25, 0.3) is 5.91 Å². The summed E-state index contributed by atoms with van der Waals surface area (Å²) in [5, 5.41) is 4.89. The van der Waals surface area contributed by atoms with E-state index < -0.39 is 0 Å². The van der Waals surface area contributed by atoms with Crippen molar-refractivity contribution < 1.29 is 4.79 Å². The van der Waals surface area contributed by atoms with Gasteiger partial charge in [-0.1, -0.05) is 24.3 Å². The van der Waals surface area contributed by atoms with E-state index in [1.807, 2.05) is 71.9 Å². The molecule has 0 atom stereocenters. The Hall–Kier alpha value is -3.12. The highest BCUT2D eigenvalue weighted by Crippen LogP contribution is 2.34. The summed E-state index contributed by atoms with van der Waals surface area (Å²) in [5.74, 6) is -0.0957. The Bertz CT molecular complexity index is 918. The van der Waals surface area contributed by atoms with Crippen LogP contribution in [0.2, 0.25) is 0 Å². The minimum Gasteiger partial charge on any atom is -0.399 e. The fourth-order valence-corrected chi connectivity index (χ4v) is 3.39. The molecule has 1 heterocycles. The summed E-state index contributed by atoms with van der Waals surface area (Å²) in [6.45, 7) is 4.08. The summed E-state index contributed by atoms with van der Waals surface area (Å²) in [6.07, 6.45) is 0. The molecular weight excluding hydrogens is 344 g/mol. The lowest BCUT2D eigenvalue weighted by atomic mass is 10.2. The van der Waals surface area contributed by atoms with E-state index in [4.69, 9.17) is 5.73 Å². The average molecular weight is 364 g/mol. The predicted octanol–water partition coefficient (Wildman–Crippen LogP) is 4.36. The maximum atomic E-state index is 12.4. The number of anilines is 3. The number of nitrogen functional groups attached to an aromatic ring is 1. The van der Waals surface area contributed by atoms with Gasteiger partial charge >= 0.3 is 0 Å². The van der Waals surface area contributed by atoms with Crippen LogP contribution in [0.1, 0.15) is 15.2 Å². The molecule has 132 valence electrons. The second kappa shape index (κ2) is 7.84. The minimum absolute atomic E-state index is 0.0957. The largest absolute Gasteiger partial charge is 0.399 e. The molecule has 0 fully saturated rings. The van der Waals surface area contributed by atoms with E-state index in [1.54, 1.807) is 0 Å². The van der Waals surface area contributed by atoms with Crippen LogP contribution in [0.5, 0.6) is 0 Å². The molecule has 6 heteroatoms. The highest BCUT2D eigenvalue weighted by molar-refractivity contribution is 7.12. The fraction of sp³-hybridized carbons (Fsp3) is 0.100. The molecule has 0 bridgehead atoms. The fourth-order valence-electron chi connectivity index (χ4n) is 2.55. The number of para-hydroxylation sites is 2. The first-order valence-electron chi connectivity index (χ1n) is 8.09. The van der Waals surface area contributed by atoms with Crippen molar-refractivity contribution in [2.75, 3.05) is 17.7 Å². The number of carbonyl (C=O) groups excluding carboxylic acids is 1. The molecule has 3 rings (SSSR count). The molecule has 0 saturated carbocycles. The number of carbonyl (C=O) groups is 1. The number of benzene rings is 2. The number of nitrogens with zero attached hydrogens (tertiary/aromatic N) is 2. The van der Waals surface area contributed by atoms with Crippen LogP contribution < -0.4 is 16.0 Å². The van der Waals surface area contributed by atoms with Crippen molar-refractivity contribution >= 4 is 46.7 Å². The van der Waals surface area contributed by atoms with Crippen LogP contribution >= 0.6 is 11.3 Å². The zero-order chi connectivity index (χ0) is 18.5. The Labute approximate surface area is 156 Å². The third-order valence-electron chi connectivity index (χ3n) is 4.04. The zero-order valence-corrected chi connectivity index (χ0v) is 15.3. The van der Waals surface area contributed by atoms with Crippen LogP contribution in [0.15, 0.2) is 65.0 Å². The molecule has 0 aliphatic rings. The lowest BCUT2D eigenvalue weighted by Gasteiger charge is -2.19. The van der Waals surface area contributed by atoms with Gasteiger partial charge in [0.2, 0.25) is 0 Å². The Kier molecular flexibility index (Phi) is 5.34. The standard InChI is InChI=1S/C20H20N4OS/c1-22-17-5-3-4-6-18(17)24(2)16-11-19(26-13-16)20(25)23-12-14-7-9-15(21)10-8-14/h3-11,13H,1,12,21H2,2H3,(H,23,25). The van der Waals surface area contributed by atoms with Crippen LogP contribution in [0.3, 0.4) is 0 Å². The minimum atomic E-state index is -0.0957. The van der Waals surface area contributed by atoms with Gasteiger partial charge < -0.3 is 16.0 Å². The van der Waals surface area contributed by atoms with Gasteiger partial charge in [-0.05, 0) is 42.6 Å². The third-order valence-corrected chi connectivity index (χ3v) is 4.96. The molecular formula is C20H20N4OS. The number of thiophene rings is 1. The van der Waals surface area contributed by atoms with Crippen LogP contribution in [0.4, 0.5) is 22.7 Å². The summed E-state index contributed by atoms with van der Waals surface area (Å²) in [4.78, 5) is 19.1. The summed E-state index contributed by atoms with van der Waals surface area (Å²) < 4.78 is 0. The molecule has 5 nitrogen and oxygen atoms in total. The molecule has 2 aromatic carbocycles. The summed E-state index contributed by atoms with van der Waals surface area (Å²) in [5.41, 5.74) is 10.1. The van der Waals surface area contributed by atoms with Crippen molar-refractivity contribution in [2.24, 2.45) is 4.99 Å². The third kappa shape index (κ3) is 3.92. The SMILES string of the molecule is C=Nc1ccccc1N(C)c1csc(C(=O)NCc2ccc(N)cc2)c1. The van der Waals surface area contributed by atoms with Gasteiger partial charge in [0, 0.05) is 24.7 Å². The topological polar surface area (TPSA) is 70.7 Å². The van der Waals surface area contributed by atoms with Crippen molar-refractivity contribution in [3.63, 3.8) is 0 Å². The number of hydrogen-bond acceptors (Lipinski definition) is 5. The maximum absolute atomic E-state index is 12.4. The van der Waals surface area contributed by atoms with E-state index in [1.165, 1.54) is 11.3 Å². The van der Waals surface area contributed by atoms with Gasteiger partial charge in [0.1, 0.15) is 0 Å². The van der Waals surface area contributed by atoms with Crippen molar-refractivity contribution in [1.29, 1.82) is 0 Å². The molecule has 1 amide bonds. The van der Waals surface area contributed by atoms with E-state index in [9.17, 15) is 4.79 Å². The molecule has 0 unspecified atom stereocenters. The Morgan fingerprint density at radius 3 is 2.69 bits per heavy atom. The second-order valence-electron chi connectivity index (χ2n) is 5.80. The van der Waals surface area contributed by atoms with E-state index in [0.717, 1.165) is 22.6 Å². The first kappa shape index (κ1) is 17.7. The Morgan fingerprint density at radius 1 is 1.23 bits per heavy atom. The van der Waals surface area contributed by atoms with Crippen molar-refractivity contribution in [1.82, 2.24) is 5.32 Å². The Morgan fingerprint density at radius 2 is 1.96 bits per heavy atom. The second-order valence-corrected chi connectivity index (χ2v) is 6.71. The first-order chi connectivity index (χ1) is 12.6. The van der Waals surface area contributed by atoms with Crippen molar-refractivity contribution in [2.45, 2.75) is 6.54 Å². The monoisotopic (exact) mass is 364 g/mol. The van der Waals surface area contributed by atoms with E-state index in [2.05, 4.69) is 17.0 Å². The number of hydrogen-bond donors (Lipinski definition) is 2.